The van der Waals surface area contributed by atoms with Crippen LogP contribution in [0.4, 0.5) is 0 Å². The monoisotopic (exact) mass is 539 g/mol. The SMILES string of the molecule is COc1ccc(C(=O)NCC(=O)N/N=C/c2ccc(OC(=O)c3cccc(Br)c3)c(OC)c2)cc1. The van der Waals surface area contributed by atoms with Crippen LogP contribution in [-0.4, -0.2) is 44.8 Å². The van der Waals surface area contributed by atoms with E-state index in [-0.39, 0.29) is 12.3 Å². The summed E-state index contributed by atoms with van der Waals surface area (Å²) in [6.45, 7) is -0.254. The van der Waals surface area contributed by atoms with Crippen molar-refractivity contribution in [1.82, 2.24) is 10.7 Å². The number of methoxy groups -OCH3 is 2. The molecule has 35 heavy (non-hydrogen) atoms. The minimum atomic E-state index is -0.532. The summed E-state index contributed by atoms with van der Waals surface area (Å²) >= 11 is 3.32. The van der Waals surface area contributed by atoms with Crippen LogP contribution in [-0.2, 0) is 4.79 Å². The Morgan fingerprint density at radius 2 is 1.69 bits per heavy atom. The lowest BCUT2D eigenvalue weighted by molar-refractivity contribution is -0.120. The third-order valence-electron chi connectivity index (χ3n) is 4.62. The number of nitrogens with one attached hydrogen (secondary N) is 2. The molecule has 0 bridgehead atoms. The minimum absolute atomic E-state index is 0.236. The fourth-order valence-corrected chi connectivity index (χ4v) is 3.25. The molecule has 0 aliphatic heterocycles. The van der Waals surface area contributed by atoms with Gasteiger partial charge in [0.25, 0.3) is 11.8 Å². The van der Waals surface area contributed by atoms with Crippen molar-refractivity contribution < 1.29 is 28.6 Å². The Bertz CT molecular complexity index is 1240. The van der Waals surface area contributed by atoms with E-state index >= 15 is 0 Å². The Morgan fingerprint density at radius 1 is 0.914 bits per heavy atom. The third kappa shape index (κ3) is 7.41. The quantitative estimate of drug-likeness (QED) is 0.186. The first-order chi connectivity index (χ1) is 16.9. The highest BCUT2D eigenvalue weighted by atomic mass is 79.9. The molecule has 0 aliphatic rings. The number of hydrogen-bond donors (Lipinski definition) is 2. The molecular formula is C25H22BrN3O6. The predicted octanol–water partition coefficient (Wildman–Crippen LogP) is 3.57. The second kappa shape index (κ2) is 12.3. The Kier molecular flexibility index (Phi) is 8.96. The van der Waals surface area contributed by atoms with Gasteiger partial charge in [-0.25, -0.2) is 10.2 Å². The molecule has 3 aromatic rings. The molecule has 2 amide bonds. The zero-order chi connectivity index (χ0) is 25.2. The van der Waals surface area contributed by atoms with Gasteiger partial charge in [-0.1, -0.05) is 22.0 Å². The van der Waals surface area contributed by atoms with Gasteiger partial charge in [-0.2, -0.15) is 5.10 Å². The molecule has 2 N–H and O–H groups in total. The van der Waals surface area contributed by atoms with Crippen LogP contribution in [0.5, 0.6) is 17.2 Å². The minimum Gasteiger partial charge on any atom is -0.497 e. The van der Waals surface area contributed by atoms with Gasteiger partial charge in [0.2, 0.25) is 0 Å². The summed E-state index contributed by atoms with van der Waals surface area (Å²) in [7, 11) is 2.98. The van der Waals surface area contributed by atoms with Gasteiger partial charge in [0.1, 0.15) is 5.75 Å². The van der Waals surface area contributed by atoms with Crippen molar-refractivity contribution in [1.29, 1.82) is 0 Å². The van der Waals surface area contributed by atoms with Gasteiger partial charge < -0.3 is 19.5 Å². The number of nitrogens with zero attached hydrogens (tertiary/aromatic N) is 1. The summed E-state index contributed by atoms with van der Waals surface area (Å²) < 4.78 is 16.5. The highest BCUT2D eigenvalue weighted by molar-refractivity contribution is 9.10. The molecule has 0 spiro atoms. The maximum absolute atomic E-state index is 12.4. The number of esters is 1. The largest absolute Gasteiger partial charge is 0.497 e. The van der Waals surface area contributed by atoms with Crippen molar-refractivity contribution in [2.24, 2.45) is 5.10 Å². The molecule has 10 heteroatoms. The van der Waals surface area contributed by atoms with E-state index in [1.807, 2.05) is 0 Å². The van der Waals surface area contributed by atoms with Crippen LogP contribution in [0.1, 0.15) is 26.3 Å². The molecule has 3 rings (SSSR count). The fourth-order valence-electron chi connectivity index (χ4n) is 2.85. The molecule has 0 aliphatic carbocycles. The second-order valence-corrected chi connectivity index (χ2v) is 7.93. The Morgan fingerprint density at radius 3 is 2.37 bits per heavy atom. The van der Waals surface area contributed by atoms with Crippen molar-refractivity contribution in [3.8, 4) is 17.2 Å². The van der Waals surface area contributed by atoms with Crippen molar-refractivity contribution >= 4 is 39.9 Å². The predicted molar refractivity (Wildman–Crippen MR) is 133 cm³/mol. The standard InChI is InChI=1S/C25H22BrN3O6/c1-33-20-9-7-17(8-10-20)24(31)27-15-23(30)29-28-14-16-6-11-21(22(12-16)34-2)35-25(32)18-4-3-5-19(26)13-18/h3-14H,15H2,1-2H3,(H,27,31)(H,29,30)/b28-14+. The Labute approximate surface area is 210 Å². The highest BCUT2D eigenvalue weighted by Gasteiger charge is 2.13. The van der Waals surface area contributed by atoms with E-state index in [2.05, 4.69) is 31.8 Å². The van der Waals surface area contributed by atoms with E-state index in [0.29, 0.717) is 28.2 Å². The summed E-state index contributed by atoms with van der Waals surface area (Å²) in [5.74, 6) is -0.259. The first-order valence-corrected chi connectivity index (χ1v) is 11.1. The first-order valence-electron chi connectivity index (χ1n) is 10.3. The second-order valence-electron chi connectivity index (χ2n) is 7.01. The summed E-state index contributed by atoms with van der Waals surface area (Å²) in [6.07, 6.45) is 1.39. The van der Waals surface area contributed by atoms with E-state index in [0.717, 1.165) is 4.47 Å². The number of rotatable bonds is 9. The summed E-state index contributed by atoms with van der Waals surface area (Å²) in [5, 5.41) is 6.39. The van der Waals surface area contributed by atoms with Crippen LogP contribution in [0.15, 0.2) is 76.3 Å². The zero-order valence-electron chi connectivity index (χ0n) is 18.9. The summed E-state index contributed by atoms with van der Waals surface area (Å²) in [4.78, 5) is 36.5. The van der Waals surface area contributed by atoms with Crippen molar-refractivity contribution in [2.45, 2.75) is 0 Å². The maximum Gasteiger partial charge on any atom is 0.343 e. The topological polar surface area (TPSA) is 115 Å². The van der Waals surface area contributed by atoms with Gasteiger partial charge >= 0.3 is 5.97 Å². The normalized spacial score (nSPS) is 10.5. The zero-order valence-corrected chi connectivity index (χ0v) is 20.5. The lowest BCUT2D eigenvalue weighted by atomic mass is 10.2. The molecule has 180 valence electrons. The number of hydrazone groups is 1. The third-order valence-corrected chi connectivity index (χ3v) is 5.11. The van der Waals surface area contributed by atoms with Crippen LogP contribution >= 0.6 is 15.9 Å². The van der Waals surface area contributed by atoms with Gasteiger partial charge in [-0.15, -0.1) is 0 Å². The number of halogens is 1. The van der Waals surface area contributed by atoms with Crippen LogP contribution in [0.3, 0.4) is 0 Å². The van der Waals surface area contributed by atoms with Gasteiger partial charge in [-0.3, -0.25) is 9.59 Å². The molecule has 0 saturated heterocycles. The van der Waals surface area contributed by atoms with E-state index in [4.69, 9.17) is 14.2 Å². The van der Waals surface area contributed by atoms with Gasteiger partial charge in [0, 0.05) is 10.0 Å². The first kappa shape index (κ1) is 25.4. The smallest absolute Gasteiger partial charge is 0.343 e. The van der Waals surface area contributed by atoms with Crippen LogP contribution in [0.2, 0.25) is 0 Å². The summed E-state index contributed by atoms with van der Waals surface area (Å²) in [6, 6.07) is 18.1. The lowest BCUT2D eigenvalue weighted by Crippen LogP contribution is -2.34. The number of amides is 2. The Balaban J connectivity index is 1.53. The molecule has 0 atom stereocenters. The summed E-state index contributed by atoms with van der Waals surface area (Å²) in [5.41, 5.74) is 3.70. The maximum atomic E-state index is 12.4. The van der Waals surface area contributed by atoms with Crippen molar-refractivity contribution in [2.75, 3.05) is 20.8 Å². The molecule has 9 nitrogen and oxygen atoms in total. The molecule has 0 unspecified atom stereocenters. The number of benzene rings is 3. The molecule has 0 fully saturated rings. The molecule has 0 aromatic heterocycles. The van der Waals surface area contributed by atoms with Gasteiger partial charge in [-0.05, 0) is 66.2 Å². The van der Waals surface area contributed by atoms with E-state index in [9.17, 15) is 14.4 Å². The Hall–Kier alpha value is -4.18. The number of carbonyl (C=O) groups is 3. The van der Waals surface area contributed by atoms with E-state index in [1.165, 1.54) is 20.4 Å². The fraction of sp³-hybridized carbons (Fsp3) is 0.120. The molecule has 0 saturated carbocycles. The van der Waals surface area contributed by atoms with Crippen LogP contribution in [0, 0.1) is 0 Å². The van der Waals surface area contributed by atoms with Crippen molar-refractivity contribution in [3.05, 3.63) is 87.9 Å². The van der Waals surface area contributed by atoms with E-state index < -0.39 is 17.8 Å². The highest BCUT2D eigenvalue weighted by Crippen LogP contribution is 2.28. The van der Waals surface area contributed by atoms with E-state index in [1.54, 1.807) is 66.7 Å². The average molecular weight is 540 g/mol. The molecular weight excluding hydrogens is 518 g/mol. The van der Waals surface area contributed by atoms with Crippen LogP contribution < -0.4 is 25.0 Å². The molecule has 0 heterocycles. The molecule has 0 radical (unpaired) electrons. The van der Waals surface area contributed by atoms with Crippen molar-refractivity contribution in [3.63, 3.8) is 0 Å². The number of carbonyl (C=O) groups excluding carboxylic acids is 3. The molecule has 3 aromatic carbocycles. The van der Waals surface area contributed by atoms with Gasteiger partial charge in [0.05, 0.1) is 32.5 Å². The number of hydrogen-bond acceptors (Lipinski definition) is 7. The number of ether oxygens (including phenoxy) is 3. The lowest BCUT2D eigenvalue weighted by Gasteiger charge is -2.10. The van der Waals surface area contributed by atoms with Crippen LogP contribution in [0.25, 0.3) is 0 Å². The average Bonchev–Trinajstić information content (AvgIpc) is 2.88. The van der Waals surface area contributed by atoms with Gasteiger partial charge in [0.15, 0.2) is 11.5 Å².